The quantitative estimate of drug-likeness (QED) is 0.212. The summed E-state index contributed by atoms with van der Waals surface area (Å²) in [6.07, 6.45) is 0.440. The van der Waals surface area contributed by atoms with E-state index < -0.39 is 17.7 Å². The minimum absolute atomic E-state index is 0.0110. The highest BCUT2D eigenvalue weighted by Crippen LogP contribution is 2.42. The summed E-state index contributed by atoms with van der Waals surface area (Å²) in [6.45, 7) is 0.218. The van der Waals surface area contributed by atoms with E-state index in [9.17, 15) is 14.7 Å². The minimum Gasteiger partial charge on any atom is -0.507 e. The highest BCUT2D eigenvalue weighted by atomic mass is 79.9. The number of benzene rings is 3. The van der Waals surface area contributed by atoms with Crippen LogP contribution in [0.3, 0.4) is 0 Å². The fourth-order valence-electron chi connectivity index (χ4n) is 4.53. The molecule has 0 radical (unpaired) electrons. The molecule has 8 nitrogen and oxygen atoms in total. The molecule has 0 spiro atoms. The number of nitrogens with zero attached hydrogens (tertiary/aromatic N) is 1. The van der Waals surface area contributed by atoms with Gasteiger partial charge < -0.3 is 29.0 Å². The lowest BCUT2D eigenvalue weighted by Crippen LogP contribution is -2.31. The molecule has 1 aliphatic heterocycles. The van der Waals surface area contributed by atoms with Gasteiger partial charge >= 0.3 is 0 Å². The van der Waals surface area contributed by atoms with Crippen LogP contribution in [0.25, 0.3) is 5.76 Å². The van der Waals surface area contributed by atoms with Gasteiger partial charge in [-0.2, -0.15) is 0 Å². The normalized spacial score (nSPS) is 16.4. The predicted molar refractivity (Wildman–Crippen MR) is 146 cm³/mol. The molecule has 1 aliphatic rings. The fourth-order valence-corrected chi connectivity index (χ4v) is 4.79. The van der Waals surface area contributed by atoms with Gasteiger partial charge in [-0.25, -0.2) is 0 Å². The minimum atomic E-state index is -0.835. The first-order valence-electron chi connectivity index (χ1n) is 11.8. The van der Waals surface area contributed by atoms with Gasteiger partial charge in [0.1, 0.15) is 5.76 Å². The summed E-state index contributed by atoms with van der Waals surface area (Å²) in [7, 11) is 6.16. The van der Waals surface area contributed by atoms with E-state index in [2.05, 4.69) is 15.9 Å². The zero-order chi connectivity index (χ0) is 27.4. The number of ether oxygens (including phenoxy) is 4. The molecule has 1 amide bonds. The number of aliphatic hydroxyl groups is 1. The number of rotatable bonds is 9. The molecule has 0 bridgehead atoms. The zero-order valence-electron chi connectivity index (χ0n) is 21.5. The van der Waals surface area contributed by atoms with E-state index in [1.807, 2.05) is 12.1 Å². The predicted octanol–water partition coefficient (Wildman–Crippen LogP) is 5.15. The van der Waals surface area contributed by atoms with Gasteiger partial charge in [-0.05, 0) is 53.9 Å². The lowest BCUT2D eigenvalue weighted by molar-refractivity contribution is -0.139. The van der Waals surface area contributed by atoms with E-state index in [4.69, 9.17) is 18.9 Å². The molecule has 9 heteroatoms. The van der Waals surface area contributed by atoms with Crippen LogP contribution in [0, 0.1) is 0 Å². The maximum Gasteiger partial charge on any atom is 0.295 e. The topological polar surface area (TPSA) is 94.5 Å². The summed E-state index contributed by atoms with van der Waals surface area (Å²) >= 11 is 3.38. The Morgan fingerprint density at radius 2 is 1.39 bits per heavy atom. The molecule has 1 N–H and O–H groups in total. The van der Waals surface area contributed by atoms with Crippen LogP contribution < -0.4 is 18.9 Å². The number of ketones is 1. The van der Waals surface area contributed by atoms with Crippen molar-refractivity contribution in [1.29, 1.82) is 0 Å². The number of methoxy groups -OCH3 is 4. The third kappa shape index (κ3) is 5.19. The van der Waals surface area contributed by atoms with E-state index in [1.54, 1.807) is 62.8 Å². The fraction of sp³-hybridized carbons (Fsp3) is 0.241. The Morgan fingerprint density at radius 1 is 0.816 bits per heavy atom. The summed E-state index contributed by atoms with van der Waals surface area (Å²) in [4.78, 5) is 28.2. The summed E-state index contributed by atoms with van der Waals surface area (Å²) in [5, 5.41) is 11.3. The molecule has 4 rings (SSSR count). The Kier molecular flexibility index (Phi) is 8.26. The summed E-state index contributed by atoms with van der Waals surface area (Å²) in [6, 6.07) is 16.7. The highest BCUT2D eigenvalue weighted by Gasteiger charge is 2.46. The number of aliphatic hydroxyl groups excluding tert-OH is 1. The molecule has 38 heavy (non-hydrogen) atoms. The van der Waals surface area contributed by atoms with Crippen molar-refractivity contribution in [1.82, 2.24) is 4.90 Å². The first-order chi connectivity index (χ1) is 18.3. The Hall–Kier alpha value is -3.98. The van der Waals surface area contributed by atoms with Crippen LogP contribution in [-0.2, 0) is 16.0 Å². The van der Waals surface area contributed by atoms with Crippen molar-refractivity contribution >= 4 is 33.4 Å². The first kappa shape index (κ1) is 27.1. The summed E-state index contributed by atoms with van der Waals surface area (Å²) < 4.78 is 22.4. The van der Waals surface area contributed by atoms with Crippen molar-refractivity contribution < 1.29 is 33.6 Å². The third-order valence-corrected chi connectivity index (χ3v) is 7.00. The average Bonchev–Trinajstić information content (AvgIpc) is 3.20. The van der Waals surface area contributed by atoms with Crippen molar-refractivity contribution in [3.63, 3.8) is 0 Å². The van der Waals surface area contributed by atoms with Crippen LogP contribution in [0.15, 0.2) is 70.7 Å². The summed E-state index contributed by atoms with van der Waals surface area (Å²) in [5.41, 5.74) is 1.93. The van der Waals surface area contributed by atoms with Crippen LogP contribution in [0.5, 0.6) is 23.0 Å². The van der Waals surface area contributed by atoms with Crippen LogP contribution in [0.4, 0.5) is 0 Å². The largest absolute Gasteiger partial charge is 0.507 e. The van der Waals surface area contributed by atoms with E-state index in [0.717, 1.165) is 10.0 Å². The number of hydrogen-bond acceptors (Lipinski definition) is 7. The van der Waals surface area contributed by atoms with E-state index in [0.29, 0.717) is 40.5 Å². The van der Waals surface area contributed by atoms with Crippen molar-refractivity contribution in [3.8, 4) is 23.0 Å². The van der Waals surface area contributed by atoms with Gasteiger partial charge in [-0.3, -0.25) is 9.59 Å². The number of carbonyl (C=O) groups is 2. The van der Waals surface area contributed by atoms with Gasteiger partial charge in [0.25, 0.3) is 11.7 Å². The molecule has 1 atom stereocenters. The number of likely N-dealkylation sites (tertiary alicyclic amines) is 1. The number of carbonyl (C=O) groups excluding carboxylic acids is 2. The van der Waals surface area contributed by atoms with Gasteiger partial charge in [-0.1, -0.05) is 40.2 Å². The molecule has 0 aliphatic carbocycles. The van der Waals surface area contributed by atoms with E-state index in [-0.39, 0.29) is 17.9 Å². The SMILES string of the molecule is COc1ccc(CCN2C(=O)C(=O)C(=C(O)c3ccc(Br)cc3)C2c2ccc(OC)c(OC)c2)cc1OC. The summed E-state index contributed by atoms with van der Waals surface area (Å²) in [5.74, 6) is 0.423. The number of Topliss-reactive ketones (excluding diaryl/α,β-unsaturated/α-hetero) is 1. The van der Waals surface area contributed by atoms with Gasteiger partial charge in [0, 0.05) is 16.6 Å². The van der Waals surface area contributed by atoms with Crippen molar-refractivity contribution in [3.05, 3.63) is 87.4 Å². The number of hydrogen-bond donors (Lipinski definition) is 1. The molecule has 1 heterocycles. The molecular formula is C29H28BrNO7. The lowest BCUT2D eigenvalue weighted by Gasteiger charge is -2.26. The second-order valence-electron chi connectivity index (χ2n) is 8.55. The van der Waals surface area contributed by atoms with Crippen molar-refractivity contribution in [2.45, 2.75) is 12.5 Å². The standard InChI is InChI=1S/C29H28BrNO7/c1-35-21-11-5-17(15-23(21)37-3)13-14-31-26(19-8-12-22(36-2)24(16-19)38-4)25(28(33)29(31)34)27(32)18-6-9-20(30)10-7-18/h5-12,15-16,26,32H,13-14H2,1-4H3. The average molecular weight is 582 g/mol. The lowest BCUT2D eigenvalue weighted by atomic mass is 9.95. The molecule has 3 aromatic carbocycles. The molecular weight excluding hydrogens is 554 g/mol. The van der Waals surface area contributed by atoms with E-state index >= 15 is 0 Å². The molecule has 3 aromatic rings. The molecule has 1 unspecified atom stereocenters. The zero-order valence-corrected chi connectivity index (χ0v) is 23.1. The van der Waals surface area contributed by atoms with Gasteiger partial charge in [0.2, 0.25) is 0 Å². The maximum absolute atomic E-state index is 13.3. The number of amides is 1. The molecule has 1 saturated heterocycles. The smallest absolute Gasteiger partial charge is 0.295 e. The van der Waals surface area contributed by atoms with E-state index in [1.165, 1.54) is 19.1 Å². The molecule has 1 fully saturated rings. The molecule has 198 valence electrons. The van der Waals surface area contributed by atoms with Crippen LogP contribution in [0.1, 0.15) is 22.7 Å². The Labute approximate surface area is 229 Å². The second-order valence-corrected chi connectivity index (χ2v) is 9.47. The Morgan fingerprint density at radius 3 is 2.00 bits per heavy atom. The Bertz CT molecular complexity index is 1380. The van der Waals surface area contributed by atoms with Crippen LogP contribution >= 0.6 is 15.9 Å². The van der Waals surface area contributed by atoms with Crippen LogP contribution in [-0.4, -0.2) is 56.7 Å². The maximum atomic E-state index is 13.3. The Balaban J connectivity index is 1.79. The van der Waals surface area contributed by atoms with Gasteiger partial charge in [0.15, 0.2) is 23.0 Å². The van der Waals surface area contributed by atoms with Crippen LogP contribution in [0.2, 0.25) is 0 Å². The second kappa shape index (κ2) is 11.6. The van der Waals surface area contributed by atoms with Gasteiger partial charge in [0.05, 0.1) is 40.1 Å². The van der Waals surface area contributed by atoms with Gasteiger partial charge in [-0.15, -0.1) is 0 Å². The third-order valence-electron chi connectivity index (χ3n) is 6.47. The number of halogens is 1. The molecule has 0 saturated carbocycles. The highest BCUT2D eigenvalue weighted by molar-refractivity contribution is 9.10. The monoisotopic (exact) mass is 581 g/mol. The van der Waals surface area contributed by atoms with Crippen molar-refractivity contribution in [2.24, 2.45) is 0 Å². The molecule has 0 aromatic heterocycles. The van der Waals surface area contributed by atoms with Crippen molar-refractivity contribution in [2.75, 3.05) is 35.0 Å². The first-order valence-corrected chi connectivity index (χ1v) is 12.6.